The van der Waals surface area contributed by atoms with Crippen LogP contribution in [-0.4, -0.2) is 74.4 Å². The van der Waals surface area contributed by atoms with E-state index in [9.17, 15) is 19.5 Å². The number of oxazole rings is 1. The summed E-state index contributed by atoms with van der Waals surface area (Å²) in [5.41, 5.74) is 0.168. The number of hydrogen-bond donors (Lipinski definition) is 1. The van der Waals surface area contributed by atoms with Gasteiger partial charge >= 0.3 is 6.03 Å². The zero-order valence-electron chi connectivity index (χ0n) is 16.8. The van der Waals surface area contributed by atoms with Crippen LogP contribution in [0.25, 0.3) is 0 Å². The molecule has 2 fully saturated rings. The second kappa shape index (κ2) is 7.91. The highest BCUT2D eigenvalue weighted by Gasteiger charge is 2.58. The van der Waals surface area contributed by atoms with E-state index < -0.39 is 11.6 Å². The average Bonchev–Trinajstić information content (AvgIpc) is 3.27. The van der Waals surface area contributed by atoms with E-state index in [1.165, 1.54) is 6.39 Å². The van der Waals surface area contributed by atoms with E-state index in [1.54, 1.807) is 16.7 Å². The van der Waals surface area contributed by atoms with Crippen LogP contribution in [0, 0.1) is 6.92 Å². The Balaban J connectivity index is 1.58. The van der Waals surface area contributed by atoms with Crippen molar-refractivity contribution in [1.29, 1.82) is 0 Å². The summed E-state index contributed by atoms with van der Waals surface area (Å²) in [4.78, 5) is 47.4. The Morgan fingerprint density at radius 1 is 1.20 bits per heavy atom. The van der Waals surface area contributed by atoms with E-state index in [1.807, 2.05) is 30.3 Å². The first-order valence-corrected chi connectivity index (χ1v) is 9.95. The van der Waals surface area contributed by atoms with Crippen molar-refractivity contribution in [3.8, 4) is 0 Å². The summed E-state index contributed by atoms with van der Waals surface area (Å²) in [6, 6.07) is 9.09. The van der Waals surface area contributed by atoms with E-state index in [-0.39, 0.29) is 30.7 Å². The van der Waals surface area contributed by atoms with Crippen molar-refractivity contribution in [3.05, 3.63) is 53.7 Å². The number of hydrogen-bond acceptors (Lipinski definition) is 6. The van der Waals surface area contributed by atoms with Crippen molar-refractivity contribution in [2.24, 2.45) is 0 Å². The van der Waals surface area contributed by atoms with Gasteiger partial charge in [0.1, 0.15) is 11.3 Å². The third-order valence-corrected chi connectivity index (χ3v) is 5.95. The summed E-state index contributed by atoms with van der Waals surface area (Å²) in [6.45, 7) is 2.29. The maximum absolute atomic E-state index is 13.3. The molecule has 2 saturated heterocycles. The first-order chi connectivity index (χ1) is 14.5. The number of aromatic nitrogens is 1. The second-order valence-electron chi connectivity index (χ2n) is 7.62. The summed E-state index contributed by atoms with van der Waals surface area (Å²) >= 11 is 0. The number of nitrogens with zero attached hydrogens (tertiary/aromatic N) is 4. The number of β-amino-alcohol motifs (C(OH)–C–C–N with tert-alkyl or cyclic N) is 1. The van der Waals surface area contributed by atoms with Crippen LogP contribution in [0.4, 0.5) is 4.79 Å². The zero-order chi connectivity index (χ0) is 21.3. The van der Waals surface area contributed by atoms with E-state index in [0.717, 1.165) is 10.5 Å². The number of aryl methyl sites for hydroxylation is 1. The summed E-state index contributed by atoms with van der Waals surface area (Å²) in [6.07, 6.45) is 1.89. The minimum Gasteiger partial charge on any atom is -0.448 e. The van der Waals surface area contributed by atoms with Gasteiger partial charge in [-0.15, -0.1) is 0 Å². The Morgan fingerprint density at radius 3 is 2.50 bits per heavy atom. The molecule has 2 aromatic rings. The molecule has 30 heavy (non-hydrogen) atoms. The summed E-state index contributed by atoms with van der Waals surface area (Å²) in [5.74, 6) is -0.0934. The predicted octanol–water partition coefficient (Wildman–Crippen LogP) is 1.41. The maximum Gasteiger partial charge on any atom is 0.328 e. The molecule has 1 N–H and O–H groups in total. The summed E-state index contributed by atoms with van der Waals surface area (Å²) in [5, 5.41) is 9.34. The lowest BCUT2D eigenvalue weighted by Gasteiger charge is -2.42. The molecule has 2 aliphatic heterocycles. The van der Waals surface area contributed by atoms with Gasteiger partial charge in [0, 0.05) is 19.6 Å². The molecular formula is C21H24N4O5. The van der Waals surface area contributed by atoms with Crippen LogP contribution >= 0.6 is 0 Å². The van der Waals surface area contributed by atoms with Gasteiger partial charge in [0.2, 0.25) is 0 Å². The van der Waals surface area contributed by atoms with Gasteiger partial charge in [-0.05, 0) is 25.3 Å². The van der Waals surface area contributed by atoms with E-state index in [4.69, 9.17) is 4.42 Å². The lowest BCUT2D eigenvalue weighted by Crippen LogP contribution is -2.57. The number of benzene rings is 1. The minimum atomic E-state index is -1.02. The highest BCUT2D eigenvalue weighted by molar-refractivity contribution is 6.07. The third-order valence-electron chi connectivity index (χ3n) is 5.95. The molecule has 0 atom stereocenters. The molecule has 158 valence electrons. The van der Waals surface area contributed by atoms with Crippen molar-refractivity contribution in [2.45, 2.75) is 31.8 Å². The molecule has 1 spiro atoms. The minimum absolute atomic E-state index is 0.0362. The number of piperidine rings is 1. The van der Waals surface area contributed by atoms with E-state index >= 15 is 0 Å². The molecule has 1 aromatic carbocycles. The number of carbonyl (C=O) groups excluding carboxylic acids is 3. The molecule has 4 rings (SSSR count). The standard InChI is InChI=1S/C21H24N4O5/c1-15-17(22-14-30-15)18(27)23-9-7-21(8-10-23)19(28)24(11-12-26)20(29)25(21)13-16-5-3-2-4-6-16/h2-6,14,26H,7-13H2,1H3. The molecule has 0 aliphatic carbocycles. The van der Waals surface area contributed by atoms with Crippen molar-refractivity contribution < 1.29 is 23.9 Å². The van der Waals surface area contributed by atoms with Gasteiger partial charge in [-0.25, -0.2) is 9.78 Å². The predicted molar refractivity (Wildman–Crippen MR) is 105 cm³/mol. The molecule has 4 amide bonds. The number of aliphatic hydroxyl groups is 1. The molecule has 0 bridgehead atoms. The molecule has 1 aromatic heterocycles. The Labute approximate surface area is 173 Å². The normalized spacial score (nSPS) is 18.5. The SMILES string of the molecule is Cc1ocnc1C(=O)N1CCC2(CC1)C(=O)N(CCO)C(=O)N2Cc1ccccc1. The molecule has 9 heteroatoms. The molecule has 2 aliphatic rings. The fraction of sp³-hybridized carbons (Fsp3) is 0.429. The van der Waals surface area contributed by atoms with E-state index in [2.05, 4.69) is 4.98 Å². The van der Waals surface area contributed by atoms with Gasteiger partial charge < -0.3 is 19.3 Å². The smallest absolute Gasteiger partial charge is 0.328 e. The quantitative estimate of drug-likeness (QED) is 0.744. The second-order valence-corrected chi connectivity index (χ2v) is 7.62. The number of rotatable bonds is 5. The van der Waals surface area contributed by atoms with Crippen molar-refractivity contribution >= 4 is 17.8 Å². The Kier molecular flexibility index (Phi) is 5.29. The number of likely N-dealkylation sites (tertiary alicyclic amines) is 1. The molecular weight excluding hydrogens is 388 g/mol. The number of aliphatic hydroxyl groups excluding tert-OH is 1. The van der Waals surface area contributed by atoms with E-state index in [0.29, 0.717) is 38.2 Å². The summed E-state index contributed by atoms with van der Waals surface area (Å²) in [7, 11) is 0. The molecule has 0 unspecified atom stereocenters. The van der Waals surface area contributed by atoms with Gasteiger partial charge in [0.05, 0.1) is 13.2 Å². The van der Waals surface area contributed by atoms with Crippen LogP contribution in [0.5, 0.6) is 0 Å². The van der Waals surface area contributed by atoms with Crippen LogP contribution in [0.2, 0.25) is 0 Å². The fourth-order valence-electron chi connectivity index (χ4n) is 4.29. The highest BCUT2D eigenvalue weighted by Crippen LogP contribution is 2.38. The molecule has 9 nitrogen and oxygen atoms in total. The maximum atomic E-state index is 13.3. The van der Waals surface area contributed by atoms with Crippen LogP contribution in [0.15, 0.2) is 41.1 Å². The molecule has 0 radical (unpaired) electrons. The number of urea groups is 1. The van der Waals surface area contributed by atoms with Crippen LogP contribution in [0.3, 0.4) is 0 Å². The largest absolute Gasteiger partial charge is 0.448 e. The lowest BCUT2D eigenvalue weighted by molar-refractivity contribution is -0.135. The van der Waals surface area contributed by atoms with Crippen LogP contribution < -0.4 is 0 Å². The Bertz CT molecular complexity index is 949. The van der Waals surface area contributed by atoms with Gasteiger partial charge in [-0.1, -0.05) is 30.3 Å². The summed E-state index contributed by atoms with van der Waals surface area (Å²) < 4.78 is 5.13. The van der Waals surface area contributed by atoms with Crippen LogP contribution in [0.1, 0.15) is 34.7 Å². The molecule has 3 heterocycles. The van der Waals surface area contributed by atoms with Crippen molar-refractivity contribution in [1.82, 2.24) is 19.7 Å². The Morgan fingerprint density at radius 2 is 1.90 bits per heavy atom. The van der Waals surface area contributed by atoms with Gasteiger partial charge in [0.25, 0.3) is 11.8 Å². The number of carbonyl (C=O) groups is 3. The molecule has 0 saturated carbocycles. The average molecular weight is 412 g/mol. The fourth-order valence-corrected chi connectivity index (χ4v) is 4.29. The first kappa shape index (κ1) is 20.1. The lowest BCUT2D eigenvalue weighted by atomic mass is 9.85. The number of imide groups is 1. The van der Waals surface area contributed by atoms with Crippen molar-refractivity contribution in [2.75, 3.05) is 26.2 Å². The van der Waals surface area contributed by atoms with Gasteiger partial charge in [-0.2, -0.15) is 0 Å². The monoisotopic (exact) mass is 412 g/mol. The third kappa shape index (κ3) is 3.24. The zero-order valence-corrected chi connectivity index (χ0v) is 16.8. The first-order valence-electron chi connectivity index (χ1n) is 9.95. The van der Waals surface area contributed by atoms with Crippen LogP contribution in [-0.2, 0) is 11.3 Å². The highest BCUT2D eigenvalue weighted by atomic mass is 16.3. The van der Waals surface area contributed by atoms with Gasteiger partial charge in [0.15, 0.2) is 12.1 Å². The Hall–Kier alpha value is -3.20. The topological polar surface area (TPSA) is 107 Å². The van der Waals surface area contributed by atoms with Gasteiger partial charge in [-0.3, -0.25) is 14.5 Å². The van der Waals surface area contributed by atoms with Crippen molar-refractivity contribution in [3.63, 3.8) is 0 Å². The number of amides is 4.